The number of benzene rings is 1. The van der Waals surface area contributed by atoms with E-state index in [2.05, 4.69) is 5.32 Å². The van der Waals surface area contributed by atoms with Crippen molar-refractivity contribution in [3.05, 3.63) is 40.4 Å². The smallest absolute Gasteiger partial charge is 0.249 e. The predicted molar refractivity (Wildman–Crippen MR) is 77.9 cm³/mol. The van der Waals surface area contributed by atoms with Gasteiger partial charge in [-0.1, -0.05) is 43.0 Å². The molecule has 100 valence electrons. The van der Waals surface area contributed by atoms with Crippen LogP contribution in [0.15, 0.2) is 29.8 Å². The zero-order valence-corrected chi connectivity index (χ0v) is 11.6. The monoisotopic (exact) mass is 275 g/mol. The highest BCUT2D eigenvalue weighted by atomic mass is 35.5. The lowest BCUT2D eigenvalue weighted by atomic mass is 9.77. The van der Waals surface area contributed by atoms with E-state index in [9.17, 15) is 4.79 Å². The standard InChI is InChI=1S/C16H18ClNO/c17-13-8-6-11(7-9-13)10-14-15(18-16(14)19)12-4-2-1-3-5-12/h6-10,12,15H,1-5H2,(H,18,19)/b14-10+. The van der Waals surface area contributed by atoms with E-state index in [4.69, 9.17) is 11.6 Å². The second kappa shape index (κ2) is 5.38. The lowest BCUT2D eigenvalue weighted by Crippen LogP contribution is -2.55. The molecule has 1 aromatic carbocycles. The van der Waals surface area contributed by atoms with Crippen molar-refractivity contribution in [3.8, 4) is 0 Å². The van der Waals surface area contributed by atoms with Crippen LogP contribution in [0.3, 0.4) is 0 Å². The van der Waals surface area contributed by atoms with Gasteiger partial charge in [0.25, 0.3) is 0 Å². The summed E-state index contributed by atoms with van der Waals surface area (Å²) in [5, 5.41) is 3.79. The van der Waals surface area contributed by atoms with Crippen LogP contribution in [0.1, 0.15) is 37.7 Å². The second-order valence-electron chi connectivity index (χ2n) is 5.50. The molecule has 1 atom stereocenters. The molecule has 2 nitrogen and oxygen atoms in total. The Labute approximate surface area is 118 Å². The molecular weight excluding hydrogens is 258 g/mol. The summed E-state index contributed by atoms with van der Waals surface area (Å²) in [5.74, 6) is 0.718. The largest absolute Gasteiger partial charge is 0.345 e. The summed E-state index contributed by atoms with van der Waals surface area (Å²) < 4.78 is 0. The molecule has 1 unspecified atom stereocenters. The second-order valence-corrected chi connectivity index (χ2v) is 5.94. The molecule has 1 amide bonds. The molecule has 19 heavy (non-hydrogen) atoms. The van der Waals surface area contributed by atoms with E-state index in [1.54, 1.807) is 0 Å². The molecule has 1 aromatic rings. The van der Waals surface area contributed by atoms with E-state index in [-0.39, 0.29) is 11.9 Å². The third-order valence-corrected chi connectivity index (χ3v) is 4.45. The lowest BCUT2D eigenvalue weighted by molar-refractivity contribution is -0.123. The van der Waals surface area contributed by atoms with Crippen LogP contribution in [0.2, 0.25) is 5.02 Å². The number of amides is 1. The number of halogens is 1. The predicted octanol–water partition coefficient (Wildman–Crippen LogP) is 3.80. The van der Waals surface area contributed by atoms with Crippen LogP contribution in [0.4, 0.5) is 0 Å². The van der Waals surface area contributed by atoms with Gasteiger partial charge in [-0.3, -0.25) is 4.79 Å². The maximum absolute atomic E-state index is 11.7. The van der Waals surface area contributed by atoms with Gasteiger partial charge >= 0.3 is 0 Å². The zero-order valence-electron chi connectivity index (χ0n) is 10.9. The number of hydrogen-bond acceptors (Lipinski definition) is 1. The Morgan fingerprint density at radius 2 is 1.79 bits per heavy atom. The summed E-state index contributed by atoms with van der Waals surface area (Å²) in [6.45, 7) is 0. The Kier molecular flexibility index (Phi) is 3.61. The van der Waals surface area contributed by atoms with Crippen LogP contribution in [-0.2, 0) is 4.79 Å². The number of β-lactam (4-membered cyclic amide) rings is 1. The van der Waals surface area contributed by atoms with E-state index >= 15 is 0 Å². The number of carbonyl (C=O) groups is 1. The Hall–Kier alpha value is -1.28. The van der Waals surface area contributed by atoms with Gasteiger partial charge in [0.2, 0.25) is 5.91 Å². The van der Waals surface area contributed by atoms with Crippen LogP contribution in [0.5, 0.6) is 0 Å². The first-order chi connectivity index (χ1) is 9.24. The molecule has 2 aliphatic rings. The van der Waals surface area contributed by atoms with Crippen molar-refractivity contribution in [1.29, 1.82) is 0 Å². The molecular formula is C16H18ClNO. The number of hydrogen-bond donors (Lipinski definition) is 1. The molecule has 1 aliphatic carbocycles. The molecule has 3 heteroatoms. The first-order valence-electron chi connectivity index (χ1n) is 7.02. The van der Waals surface area contributed by atoms with Crippen molar-refractivity contribution in [1.82, 2.24) is 5.32 Å². The van der Waals surface area contributed by atoms with E-state index in [0.717, 1.165) is 16.2 Å². The quantitative estimate of drug-likeness (QED) is 0.645. The lowest BCUT2D eigenvalue weighted by Gasteiger charge is -2.39. The van der Waals surface area contributed by atoms with Gasteiger partial charge in [0.05, 0.1) is 6.04 Å². The highest BCUT2D eigenvalue weighted by molar-refractivity contribution is 6.30. The summed E-state index contributed by atoms with van der Waals surface area (Å²) in [6.07, 6.45) is 8.42. The average Bonchev–Trinajstić information content (AvgIpc) is 2.45. The molecule has 2 fully saturated rings. The van der Waals surface area contributed by atoms with Gasteiger partial charge in [0.15, 0.2) is 0 Å². The number of carbonyl (C=O) groups excluding carboxylic acids is 1. The normalized spacial score (nSPS) is 26.1. The summed E-state index contributed by atoms with van der Waals surface area (Å²) in [6, 6.07) is 7.90. The van der Waals surface area contributed by atoms with Crippen LogP contribution < -0.4 is 5.32 Å². The van der Waals surface area contributed by atoms with E-state index in [1.807, 2.05) is 30.3 Å². The van der Waals surface area contributed by atoms with Gasteiger partial charge in [-0.15, -0.1) is 0 Å². The van der Waals surface area contributed by atoms with Gasteiger partial charge in [0.1, 0.15) is 0 Å². The molecule has 0 spiro atoms. The van der Waals surface area contributed by atoms with Gasteiger partial charge in [0, 0.05) is 10.6 Å². The van der Waals surface area contributed by atoms with Gasteiger partial charge in [-0.05, 0) is 42.5 Å². The molecule has 1 saturated heterocycles. The Morgan fingerprint density at radius 3 is 2.42 bits per heavy atom. The Morgan fingerprint density at radius 1 is 1.11 bits per heavy atom. The summed E-state index contributed by atoms with van der Waals surface area (Å²) in [4.78, 5) is 11.7. The van der Waals surface area contributed by atoms with E-state index in [0.29, 0.717) is 5.92 Å². The van der Waals surface area contributed by atoms with Crippen molar-refractivity contribution in [2.75, 3.05) is 0 Å². The third kappa shape index (κ3) is 2.69. The third-order valence-electron chi connectivity index (χ3n) is 4.20. The Balaban J connectivity index is 1.77. The zero-order chi connectivity index (χ0) is 13.2. The summed E-state index contributed by atoms with van der Waals surface area (Å²) in [5.41, 5.74) is 1.99. The molecule has 1 heterocycles. The maximum Gasteiger partial charge on any atom is 0.249 e. The first-order valence-corrected chi connectivity index (χ1v) is 7.40. The SMILES string of the molecule is O=C1NC(C2CCCCC2)/C1=C\c1ccc(Cl)cc1. The Bertz CT molecular complexity index is 500. The minimum absolute atomic E-state index is 0.0884. The molecule has 1 saturated carbocycles. The summed E-state index contributed by atoms with van der Waals surface area (Å²) >= 11 is 5.88. The van der Waals surface area contributed by atoms with Crippen molar-refractivity contribution >= 4 is 23.6 Å². The molecule has 1 aliphatic heterocycles. The number of nitrogens with one attached hydrogen (secondary N) is 1. The highest BCUT2D eigenvalue weighted by Gasteiger charge is 2.38. The summed E-state index contributed by atoms with van der Waals surface area (Å²) in [7, 11) is 0. The molecule has 1 N–H and O–H groups in total. The topological polar surface area (TPSA) is 29.1 Å². The van der Waals surface area contributed by atoms with Gasteiger partial charge in [-0.25, -0.2) is 0 Å². The van der Waals surface area contributed by atoms with Crippen LogP contribution in [0.25, 0.3) is 6.08 Å². The van der Waals surface area contributed by atoms with E-state index in [1.165, 1.54) is 32.1 Å². The van der Waals surface area contributed by atoms with Crippen LogP contribution >= 0.6 is 11.6 Å². The van der Waals surface area contributed by atoms with Crippen molar-refractivity contribution in [3.63, 3.8) is 0 Å². The van der Waals surface area contributed by atoms with Gasteiger partial charge < -0.3 is 5.32 Å². The molecule has 3 rings (SSSR count). The minimum Gasteiger partial charge on any atom is -0.345 e. The van der Waals surface area contributed by atoms with Crippen LogP contribution in [-0.4, -0.2) is 11.9 Å². The minimum atomic E-state index is 0.0884. The fraction of sp³-hybridized carbons (Fsp3) is 0.438. The molecule has 0 bridgehead atoms. The van der Waals surface area contributed by atoms with Gasteiger partial charge in [-0.2, -0.15) is 0 Å². The van der Waals surface area contributed by atoms with E-state index < -0.39 is 0 Å². The first kappa shape index (κ1) is 12.7. The fourth-order valence-corrected chi connectivity index (χ4v) is 3.22. The van der Waals surface area contributed by atoms with Crippen molar-refractivity contribution < 1.29 is 4.79 Å². The van der Waals surface area contributed by atoms with Crippen molar-refractivity contribution in [2.45, 2.75) is 38.1 Å². The van der Waals surface area contributed by atoms with Crippen molar-refractivity contribution in [2.24, 2.45) is 5.92 Å². The maximum atomic E-state index is 11.7. The highest BCUT2D eigenvalue weighted by Crippen LogP contribution is 2.34. The fourth-order valence-electron chi connectivity index (χ4n) is 3.10. The van der Waals surface area contributed by atoms with Crippen LogP contribution in [0, 0.1) is 5.92 Å². The average molecular weight is 276 g/mol. The molecule has 0 radical (unpaired) electrons. The number of rotatable bonds is 2. The molecule has 0 aromatic heterocycles.